The topological polar surface area (TPSA) is 128 Å². The van der Waals surface area contributed by atoms with Crippen molar-refractivity contribution in [3.8, 4) is 0 Å². The van der Waals surface area contributed by atoms with Crippen LogP contribution in [0.1, 0.15) is 26.3 Å². The van der Waals surface area contributed by atoms with Gasteiger partial charge in [0.05, 0.1) is 12.0 Å². The molecule has 2 rings (SSSR count). The number of carbonyl (C=O) groups is 2. The third kappa shape index (κ3) is 6.39. The minimum absolute atomic E-state index is 0.156. The molecule has 0 heterocycles. The van der Waals surface area contributed by atoms with E-state index in [1.54, 1.807) is 45.0 Å². The van der Waals surface area contributed by atoms with Crippen molar-refractivity contribution in [1.29, 1.82) is 0 Å². The molecule has 9 nitrogen and oxygen atoms in total. The van der Waals surface area contributed by atoms with Gasteiger partial charge in [-0.3, -0.25) is 10.1 Å². The second kappa shape index (κ2) is 10.1. The number of nitro groups is 1. The van der Waals surface area contributed by atoms with Crippen LogP contribution in [0.15, 0.2) is 60.7 Å². The molecule has 0 bridgehead atoms. The Bertz CT molecular complexity index is 982. The van der Waals surface area contributed by atoms with Gasteiger partial charge in [0.2, 0.25) is 5.60 Å². The van der Waals surface area contributed by atoms with Crippen LogP contribution >= 0.6 is 0 Å². The molecule has 0 amide bonds. The molecule has 2 aromatic carbocycles. The van der Waals surface area contributed by atoms with Gasteiger partial charge in [0.15, 0.2) is 6.04 Å². The second-order valence-electron chi connectivity index (χ2n) is 7.98. The number of rotatable bonds is 8. The number of carbonyl (C=O) groups excluding carboxylic acids is 2. The van der Waals surface area contributed by atoms with Crippen LogP contribution in [0.5, 0.6) is 0 Å². The summed E-state index contributed by atoms with van der Waals surface area (Å²) in [6.07, 6.45) is 2.63. The molecule has 0 saturated carbocycles. The first-order valence-electron chi connectivity index (χ1n) is 9.75. The summed E-state index contributed by atoms with van der Waals surface area (Å²) in [6.45, 7) is 4.93. The number of nitrogens with one attached hydrogen (secondary N) is 1. The fourth-order valence-corrected chi connectivity index (χ4v) is 2.79. The van der Waals surface area contributed by atoms with E-state index >= 15 is 0 Å². The predicted octanol–water partition coefficient (Wildman–Crippen LogP) is 3.33. The fourth-order valence-electron chi connectivity index (χ4n) is 2.79. The molecule has 0 aliphatic carbocycles. The average Bonchev–Trinajstić information content (AvgIpc) is 2.75. The number of aliphatic hydroxyl groups is 1. The van der Waals surface area contributed by atoms with Gasteiger partial charge in [-0.1, -0.05) is 36.4 Å². The van der Waals surface area contributed by atoms with E-state index in [1.807, 2.05) is 6.07 Å². The van der Waals surface area contributed by atoms with Crippen molar-refractivity contribution in [2.45, 2.75) is 38.0 Å². The first kappa shape index (κ1) is 24.5. The molecule has 9 heteroatoms. The van der Waals surface area contributed by atoms with Gasteiger partial charge < -0.3 is 19.9 Å². The van der Waals surface area contributed by atoms with E-state index in [0.29, 0.717) is 5.56 Å². The van der Waals surface area contributed by atoms with Gasteiger partial charge in [0, 0.05) is 17.8 Å². The molecule has 0 fully saturated rings. The summed E-state index contributed by atoms with van der Waals surface area (Å²) in [6, 6.07) is 12.4. The molecule has 2 aromatic rings. The third-order valence-corrected chi connectivity index (χ3v) is 4.31. The first-order valence-corrected chi connectivity index (χ1v) is 9.75. The smallest absolute Gasteiger partial charge is 0.344 e. The van der Waals surface area contributed by atoms with E-state index in [0.717, 1.165) is 13.2 Å². The molecule has 170 valence electrons. The first-order chi connectivity index (χ1) is 15.0. The van der Waals surface area contributed by atoms with Crippen LogP contribution in [0.25, 0.3) is 6.08 Å². The number of anilines is 1. The van der Waals surface area contributed by atoms with Crippen molar-refractivity contribution in [2.24, 2.45) is 0 Å². The minimum Gasteiger partial charge on any atom is -0.467 e. The molecule has 0 radical (unpaired) electrons. The van der Waals surface area contributed by atoms with E-state index < -0.39 is 34.1 Å². The Morgan fingerprint density at radius 1 is 1.09 bits per heavy atom. The number of nitro benzene ring substituents is 1. The molecule has 0 unspecified atom stereocenters. The van der Waals surface area contributed by atoms with Crippen LogP contribution in [0, 0.1) is 10.1 Å². The van der Waals surface area contributed by atoms with Crippen molar-refractivity contribution in [1.82, 2.24) is 0 Å². The molecular weight excluding hydrogens is 416 g/mol. The predicted molar refractivity (Wildman–Crippen MR) is 119 cm³/mol. The largest absolute Gasteiger partial charge is 0.467 e. The van der Waals surface area contributed by atoms with Crippen molar-refractivity contribution in [3.63, 3.8) is 0 Å². The zero-order chi connectivity index (χ0) is 23.9. The standard InChI is InChI=1S/C23H26N2O7/c1-22(2,3)32-20(26)19(24-17-10-12-18(13-11-17)25(29)30)23(28,21(27)31-4)15-14-16-8-6-5-7-9-16/h5-15,19,24,28H,1-4H3/b15-14+/t19-,23-/m1/s1. The lowest BCUT2D eigenvalue weighted by Gasteiger charge is -2.33. The maximum absolute atomic E-state index is 13.0. The quantitative estimate of drug-likeness (QED) is 0.362. The number of hydrogen-bond donors (Lipinski definition) is 2. The van der Waals surface area contributed by atoms with Crippen molar-refractivity contribution in [3.05, 3.63) is 76.4 Å². The summed E-state index contributed by atoms with van der Waals surface area (Å²) >= 11 is 0. The molecule has 32 heavy (non-hydrogen) atoms. The zero-order valence-electron chi connectivity index (χ0n) is 18.3. The van der Waals surface area contributed by atoms with Crippen LogP contribution in [0.4, 0.5) is 11.4 Å². The van der Waals surface area contributed by atoms with E-state index in [4.69, 9.17) is 9.47 Å². The summed E-state index contributed by atoms with van der Waals surface area (Å²) in [4.78, 5) is 36.0. The maximum atomic E-state index is 13.0. The monoisotopic (exact) mass is 442 g/mol. The van der Waals surface area contributed by atoms with Crippen molar-refractivity contribution >= 4 is 29.4 Å². The lowest BCUT2D eigenvalue weighted by Crippen LogP contribution is -2.57. The number of hydrogen-bond acceptors (Lipinski definition) is 8. The van der Waals surface area contributed by atoms with Crippen LogP contribution in [-0.4, -0.2) is 46.3 Å². The molecule has 0 saturated heterocycles. The van der Waals surface area contributed by atoms with Gasteiger partial charge in [0.1, 0.15) is 5.60 Å². The Morgan fingerprint density at radius 3 is 2.19 bits per heavy atom. The highest BCUT2D eigenvalue weighted by atomic mass is 16.6. The molecule has 0 aromatic heterocycles. The van der Waals surface area contributed by atoms with Gasteiger partial charge >= 0.3 is 11.9 Å². The van der Waals surface area contributed by atoms with Crippen LogP contribution in [0.2, 0.25) is 0 Å². The van der Waals surface area contributed by atoms with Gasteiger partial charge in [0.25, 0.3) is 5.69 Å². The zero-order valence-corrected chi connectivity index (χ0v) is 18.3. The number of benzene rings is 2. The Labute approximate surface area is 185 Å². The summed E-state index contributed by atoms with van der Waals surface area (Å²) in [5, 5.41) is 25.0. The van der Waals surface area contributed by atoms with Crippen molar-refractivity contribution in [2.75, 3.05) is 12.4 Å². The summed E-state index contributed by atoms with van der Waals surface area (Å²) < 4.78 is 10.2. The number of non-ortho nitro benzene ring substituents is 1. The molecular formula is C23H26N2O7. The molecule has 0 spiro atoms. The normalized spacial score (nSPS) is 14.3. The SMILES string of the molecule is COC(=O)[C@@](O)(/C=C/c1ccccc1)[C@H](Nc1ccc([N+](=O)[O-])cc1)C(=O)OC(C)(C)C. The summed E-state index contributed by atoms with van der Waals surface area (Å²) in [7, 11) is 1.09. The van der Waals surface area contributed by atoms with Crippen molar-refractivity contribution < 1.29 is 29.1 Å². The van der Waals surface area contributed by atoms with Gasteiger partial charge in [-0.25, -0.2) is 9.59 Å². The molecule has 2 N–H and O–H groups in total. The van der Waals surface area contributed by atoms with E-state index in [1.165, 1.54) is 30.3 Å². The number of esters is 2. The molecule has 2 atom stereocenters. The lowest BCUT2D eigenvalue weighted by atomic mass is 9.91. The Morgan fingerprint density at radius 2 is 1.69 bits per heavy atom. The third-order valence-electron chi connectivity index (χ3n) is 4.31. The fraction of sp³-hybridized carbons (Fsp3) is 0.304. The molecule has 0 aliphatic heterocycles. The maximum Gasteiger partial charge on any atom is 0.344 e. The average molecular weight is 442 g/mol. The highest BCUT2D eigenvalue weighted by Gasteiger charge is 2.49. The number of methoxy groups -OCH3 is 1. The second-order valence-corrected chi connectivity index (χ2v) is 7.98. The van der Waals surface area contributed by atoms with Gasteiger partial charge in [-0.05, 0) is 44.5 Å². The molecule has 0 aliphatic rings. The lowest BCUT2D eigenvalue weighted by molar-refractivity contribution is -0.384. The highest BCUT2D eigenvalue weighted by molar-refractivity contribution is 5.94. The Kier molecular flexibility index (Phi) is 7.72. The highest BCUT2D eigenvalue weighted by Crippen LogP contribution is 2.25. The van der Waals surface area contributed by atoms with E-state index in [2.05, 4.69) is 5.32 Å². The van der Waals surface area contributed by atoms with Gasteiger partial charge in [-0.2, -0.15) is 0 Å². The van der Waals surface area contributed by atoms with E-state index in [9.17, 15) is 24.8 Å². The van der Waals surface area contributed by atoms with E-state index in [-0.39, 0.29) is 11.4 Å². The summed E-state index contributed by atoms with van der Waals surface area (Å²) in [5.41, 5.74) is -2.59. The van der Waals surface area contributed by atoms with Crippen LogP contribution in [0.3, 0.4) is 0 Å². The van der Waals surface area contributed by atoms with Crippen LogP contribution < -0.4 is 5.32 Å². The number of ether oxygens (including phenoxy) is 2. The van der Waals surface area contributed by atoms with Gasteiger partial charge in [-0.15, -0.1) is 0 Å². The Hall–Kier alpha value is -3.72. The van der Waals surface area contributed by atoms with Crippen LogP contribution in [-0.2, 0) is 19.1 Å². The Balaban J connectivity index is 2.50. The number of nitrogens with zero attached hydrogens (tertiary/aromatic N) is 1. The summed E-state index contributed by atoms with van der Waals surface area (Å²) in [5.74, 6) is -2.00. The minimum atomic E-state index is -2.45.